The van der Waals surface area contributed by atoms with E-state index in [4.69, 9.17) is 4.74 Å². The molecule has 0 unspecified atom stereocenters. The Balaban J connectivity index is 1.72. The second-order valence-electron chi connectivity index (χ2n) is 7.16. The van der Waals surface area contributed by atoms with Gasteiger partial charge in [0.05, 0.1) is 0 Å². The Hall–Kier alpha value is -2.80. The largest absolute Gasteiger partial charge is 0.486 e. The summed E-state index contributed by atoms with van der Waals surface area (Å²) >= 11 is 1.46. The number of aryl methyl sites for hydroxylation is 3. The first-order valence-corrected chi connectivity index (χ1v) is 9.96. The van der Waals surface area contributed by atoms with Crippen molar-refractivity contribution in [1.82, 2.24) is 10.2 Å². The third-order valence-electron chi connectivity index (χ3n) is 4.49. The SMILES string of the molecule is Cc1ccc(Nc2nnc(COc3cc(C)c(N=O)cc3C(C)C)s2)c(C)c1. The standard InChI is InChI=1S/C21H24N4O2S/c1-12(2)16-10-18(25-26)15(5)9-19(16)27-11-20-23-24-21(28-20)22-17-7-6-13(3)8-14(17)4/h6-10,12H,11H2,1-5H3,(H,22,24). The molecule has 0 bridgehead atoms. The fraction of sp³-hybridized carbons (Fsp3) is 0.333. The van der Waals surface area contributed by atoms with Gasteiger partial charge in [-0.3, -0.25) is 0 Å². The molecule has 3 rings (SSSR count). The highest BCUT2D eigenvalue weighted by Gasteiger charge is 2.14. The fourth-order valence-electron chi connectivity index (χ4n) is 2.93. The van der Waals surface area contributed by atoms with E-state index in [2.05, 4.69) is 60.5 Å². The first-order valence-electron chi connectivity index (χ1n) is 9.14. The molecule has 1 N–H and O–H groups in total. The fourth-order valence-corrected chi connectivity index (χ4v) is 3.60. The monoisotopic (exact) mass is 396 g/mol. The zero-order valence-corrected chi connectivity index (χ0v) is 17.6. The van der Waals surface area contributed by atoms with E-state index in [1.807, 2.05) is 19.1 Å². The summed E-state index contributed by atoms with van der Waals surface area (Å²) in [5.41, 5.74) is 5.60. The van der Waals surface area contributed by atoms with Crippen molar-refractivity contribution in [2.24, 2.45) is 5.18 Å². The first kappa shape index (κ1) is 19.9. The van der Waals surface area contributed by atoms with Crippen LogP contribution in [0.25, 0.3) is 0 Å². The van der Waals surface area contributed by atoms with Gasteiger partial charge in [-0.1, -0.05) is 42.9 Å². The third kappa shape index (κ3) is 4.54. The van der Waals surface area contributed by atoms with Crippen LogP contribution in [0.15, 0.2) is 35.5 Å². The summed E-state index contributed by atoms with van der Waals surface area (Å²) in [5, 5.41) is 16.3. The molecule has 1 aromatic heterocycles. The van der Waals surface area contributed by atoms with E-state index >= 15 is 0 Å². The van der Waals surface area contributed by atoms with Crippen molar-refractivity contribution < 1.29 is 4.74 Å². The van der Waals surface area contributed by atoms with Gasteiger partial charge in [0.25, 0.3) is 0 Å². The maximum Gasteiger partial charge on any atom is 0.210 e. The smallest absolute Gasteiger partial charge is 0.210 e. The number of rotatable bonds is 7. The second kappa shape index (κ2) is 8.48. The van der Waals surface area contributed by atoms with Crippen LogP contribution in [-0.2, 0) is 6.61 Å². The van der Waals surface area contributed by atoms with Crippen molar-refractivity contribution in [3.63, 3.8) is 0 Å². The molecule has 0 aliphatic carbocycles. The van der Waals surface area contributed by atoms with Gasteiger partial charge in [0.2, 0.25) is 5.13 Å². The van der Waals surface area contributed by atoms with Crippen LogP contribution in [-0.4, -0.2) is 10.2 Å². The highest BCUT2D eigenvalue weighted by atomic mass is 32.1. The zero-order chi connectivity index (χ0) is 20.3. The summed E-state index contributed by atoms with van der Waals surface area (Å²) in [6.07, 6.45) is 0. The number of nitroso groups, excluding NO2 is 1. The molecule has 146 valence electrons. The van der Waals surface area contributed by atoms with Gasteiger partial charge in [-0.25, -0.2) is 0 Å². The van der Waals surface area contributed by atoms with Crippen molar-refractivity contribution in [1.29, 1.82) is 0 Å². The van der Waals surface area contributed by atoms with Gasteiger partial charge < -0.3 is 10.1 Å². The molecule has 3 aromatic rings. The summed E-state index contributed by atoms with van der Waals surface area (Å²) in [5.74, 6) is 0.964. The van der Waals surface area contributed by atoms with Crippen LogP contribution in [0, 0.1) is 25.7 Å². The predicted molar refractivity (Wildman–Crippen MR) is 114 cm³/mol. The van der Waals surface area contributed by atoms with Gasteiger partial charge >= 0.3 is 0 Å². The minimum Gasteiger partial charge on any atom is -0.486 e. The van der Waals surface area contributed by atoms with E-state index in [9.17, 15) is 4.91 Å². The highest BCUT2D eigenvalue weighted by Crippen LogP contribution is 2.34. The molecule has 1 heterocycles. The number of nitrogens with one attached hydrogen (secondary N) is 1. The summed E-state index contributed by atoms with van der Waals surface area (Å²) in [6.45, 7) is 10.4. The van der Waals surface area contributed by atoms with Crippen LogP contribution in [0.2, 0.25) is 0 Å². The van der Waals surface area contributed by atoms with E-state index in [-0.39, 0.29) is 5.92 Å². The van der Waals surface area contributed by atoms with Gasteiger partial charge in [0.1, 0.15) is 18.0 Å². The first-order chi connectivity index (χ1) is 13.4. The van der Waals surface area contributed by atoms with E-state index in [0.717, 1.165) is 38.3 Å². The molecule has 0 spiro atoms. The van der Waals surface area contributed by atoms with Crippen molar-refractivity contribution in [2.45, 2.75) is 47.1 Å². The molecule has 0 fully saturated rings. The molecule has 0 aliphatic rings. The number of ether oxygens (including phenoxy) is 1. The Labute approximate surface area is 169 Å². The van der Waals surface area contributed by atoms with E-state index in [1.54, 1.807) is 6.07 Å². The molecule has 0 aliphatic heterocycles. The lowest BCUT2D eigenvalue weighted by molar-refractivity contribution is 0.300. The molecule has 7 heteroatoms. The molecule has 0 amide bonds. The summed E-state index contributed by atoms with van der Waals surface area (Å²) in [4.78, 5) is 11.0. The molecule has 0 saturated carbocycles. The summed E-state index contributed by atoms with van der Waals surface area (Å²) < 4.78 is 6.00. The maximum atomic E-state index is 11.0. The minimum absolute atomic E-state index is 0.215. The Morgan fingerprint density at radius 1 is 1.11 bits per heavy atom. The number of anilines is 2. The molecular formula is C21H24N4O2S. The number of nitrogens with zero attached hydrogens (tertiary/aromatic N) is 3. The number of hydrogen-bond acceptors (Lipinski definition) is 7. The van der Waals surface area contributed by atoms with Crippen LogP contribution >= 0.6 is 11.3 Å². The second-order valence-corrected chi connectivity index (χ2v) is 8.22. The normalized spacial score (nSPS) is 10.9. The number of benzene rings is 2. The van der Waals surface area contributed by atoms with Crippen LogP contribution in [0.3, 0.4) is 0 Å². The Kier molecular flexibility index (Phi) is 6.04. The molecule has 28 heavy (non-hydrogen) atoms. The Morgan fingerprint density at radius 2 is 1.89 bits per heavy atom. The number of hydrogen-bond donors (Lipinski definition) is 1. The molecule has 6 nitrogen and oxygen atoms in total. The van der Waals surface area contributed by atoms with Gasteiger partial charge in [0, 0.05) is 5.69 Å². The third-order valence-corrected chi connectivity index (χ3v) is 5.30. The Bertz CT molecular complexity index is 998. The highest BCUT2D eigenvalue weighted by molar-refractivity contribution is 7.15. The molecule has 0 atom stereocenters. The molecule has 0 saturated heterocycles. The number of aromatic nitrogens is 2. The lowest BCUT2D eigenvalue weighted by Crippen LogP contribution is -2.00. The predicted octanol–water partition coefficient (Wildman–Crippen LogP) is 6.31. The van der Waals surface area contributed by atoms with E-state index in [1.165, 1.54) is 16.9 Å². The zero-order valence-electron chi connectivity index (χ0n) is 16.7. The lowest BCUT2D eigenvalue weighted by Gasteiger charge is -2.15. The van der Waals surface area contributed by atoms with Crippen molar-refractivity contribution >= 4 is 27.8 Å². The van der Waals surface area contributed by atoms with E-state index < -0.39 is 0 Å². The van der Waals surface area contributed by atoms with Crippen LogP contribution < -0.4 is 10.1 Å². The topological polar surface area (TPSA) is 76.5 Å². The van der Waals surface area contributed by atoms with Crippen molar-refractivity contribution in [2.75, 3.05) is 5.32 Å². The molecule has 2 aromatic carbocycles. The average Bonchev–Trinajstić information content (AvgIpc) is 3.09. The molecular weight excluding hydrogens is 372 g/mol. The van der Waals surface area contributed by atoms with Crippen LogP contribution in [0.4, 0.5) is 16.5 Å². The quantitative estimate of drug-likeness (QED) is 0.474. The Morgan fingerprint density at radius 3 is 2.57 bits per heavy atom. The van der Waals surface area contributed by atoms with Gasteiger partial charge in [-0.05, 0) is 66.8 Å². The van der Waals surface area contributed by atoms with Crippen molar-refractivity contribution in [3.05, 3.63) is 62.5 Å². The average molecular weight is 397 g/mol. The van der Waals surface area contributed by atoms with Crippen LogP contribution in [0.1, 0.15) is 47.0 Å². The van der Waals surface area contributed by atoms with Gasteiger partial charge in [-0.15, -0.1) is 15.1 Å². The lowest BCUT2D eigenvalue weighted by atomic mass is 9.99. The van der Waals surface area contributed by atoms with Crippen molar-refractivity contribution in [3.8, 4) is 5.75 Å². The summed E-state index contributed by atoms with van der Waals surface area (Å²) in [7, 11) is 0. The minimum atomic E-state index is 0.215. The van der Waals surface area contributed by atoms with Crippen LogP contribution in [0.5, 0.6) is 5.75 Å². The maximum absolute atomic E-state index is 11.0. The summed E-state index contributed by atoms with van der Waals surface area (Å²) in [6, 6.07) is 9.90. The van der Waals surface area contributed by atoms with Gasteiger partial charge in [0.15, 0.2) is 5.01 Å². The van der Waals surface area contributed by atoms with E-state index in [0.29, 0.717) is 12.3 Å². The molecule has 0 radical (unpaired) electrons. The van der Waals surface area contributed by atoms with Gasteiger partial charge in [-0.2, -0.15) is 0 Å².